The number of amides is 1. The first kappa shape index (κ1) is 14.0. The maximum atomic E-state index is 12.0. The van der Waals surface area contributed by atoms with E-state index in [1.807, 2.05) is 18.2 Å². The summed E-state index contributed by atoms with van der Waals surface area (Å²) in [6.07, 6.45) is 1.00. The monoisotopic (exact) mass is 271 g/mol. The third-order valence-corrected chi connectivity index (χ3v) is 2.74. The number of para-hydroxylation sites is 1. The van der Waals surface area contributed by atoms with E-state index in [9.17, 15) is 4.79 Å². The van der Waals surface area contributed by atoms with E-state index in [0.29, 0.717) is 18.1 Å². The van der Waals surface area contributed by atoms with Crippen molar-refractivity contribution in [3.05, 3.63) is 54.2 Å². The zero-order chi connectivity index (χ0) is 14.4. The Bertz CT molecular complexity index is 572. The molecule has 3 N–H and O–H groups in total. The zero-order valence-electron chi connectivity index (χ0n) is 11.2. The van der Waals surface area contributed by atoms with Gasteiger partial charge in [-0.25, -0.2) is 4.98 Å². The van der Waals surface area contributed by atoms with Crippen LogP contribution in [0.4, 0.5) is 5.82 Å². The van der Waals surface area contributed by atoms with E-state index in [-0.39, 0.29) is 5.91 Å². The Kier molecular flexibility index (Phi) is 4.68. The second kappa shape index (κ2) is 6.68. The average Bonchev–Trinajstić information content (AvgIpc) is 2.48. The minimum atomic E-state index is -0.610. The molecule has 2 aromatic rings. The number of hydrogen-bond donors (Lipinski definition) is 2. The van der Waals surface area contributed by atoms with Crippen molar-refractivity contribution in [1.82, 2.24) is 4.98 Å². The summed E-state index contributed by atoms with van der Waals surface area (Å²) in [6.45, 7) is 2.09. The summed E-state index contributed by atoms with van der Waals surface area (Å²) >= 11 is 0. The lowest BCUT2D eigenvalue weighted by atomic mass is 10.2. The van der Waals surface area contributed by atoms with Crippen LogP contribution >= 0.6 is 0 Å². The van der Waals surface area contributed by atoms with Gasteiger partial charge in [0.2, 0.25) is 0 Å². The quantitative estimate of drug-likeness (QED) is 0.871. The van der Waals surface area contributed by atoms with Gasteiger partial charge in [0, 0.05) is 12.7 Å². The minimum Gasteiger partial charge on any atom is -0.481 e. The molecule has 104 valence electrons. The van der Waals surface area contributed by atoms with Gasteiger partial charge < -0.3 is 15.8 Å². The van der Waals surface area contributed by atoms with Gasteiger partial charge in [0.15, 0.2) is 6.10 Å². The third-order valence-electron chi connectivity index (χ3n) is 2.74. The van der Waals surface area contributed by atoms with Gasteiger partial charge in [-0.2, -0.15) is 0 Å². The van der Waals surface area contributed by atoms with Gasteiger partial charge >= 0.3 is 0 Å². The van der Waals surface area contributed by atoms with E-state index in [1.54, 1.807) is 37.4 Å². The standard InChI is InChI=1S/C15H17N3O2/c1-11(20-13-5-3-2-4-6-13)15(19)18-14-9-12(10-16)7-8-17-14/h2-9,11H,10,16H2,1H3,(H,17,18,19)/t11-/m1/s1. The molecule has 1 atom stereocenters. The van der Waals surface area contributed by atoms with Gasteiger partial charge in [-0.3, -0.25) is 4.79 Å². The number of rotatable bonds is 5. The Morgan fingerprint density at radius 1 is 1.35 bits per heavy atom. The van der Waals surface area contributed by atoms with Crippen LogP contribution in [-0.4, -0.2) is 17.0 Å². The van der Waals surface area contributed by atoms with Crippen LogP contribution in [0.2, 0.25) is 0 Å². The van der Waals surface area contributed by atoms with E-state index in [0.717, 1.165) is 5.56 Å². The van der Waals surface area contributed by atoms with Crippen molar-refractivity contribution in [2.45, 2.75) is 19.6 Å². The van der Waals surface area contributed by atoms with Crippen LogP contribution in [0, 0.1) is 0 Å². The molecule has 0 fully saturated rings. The molecule has 0 unspecified atom stereocenters. The third kappa shape index (κ3) is 3.80. The van der Waals surface area contributed by atoms with Gasteiger partial charge in [-0.05, 0) is 36.8 Å². The summed E-state index contributed by atoms with van der Waals surface area (Å²) in [5, 5.41) is 2.71. The first-order valence-electron chi connectivity index (χ1n) is 6.36. The summed E-state index contributed by atoms with van der Waals surface area (Å²) in [5.74, 6) is 0.871. The Hall–Kier alpha value is -2.40. The van der Waals surface area contributed by atoms with Crippen molar-refractivity contribution in [3.8, 4) is 5.75 Å². The number of nitrogens with one attached hydrogen (secondary N) is 1. The zero-order valence-corrected chi connectivity index (χ0v) is 11.2. The largest absolute Gasteiger partial charge is 0.481 e. The van der Waals surface area contributed by atoms with E-state index >= 15 is 0 Å². The molecule has 1 aromatic carbocycles. The van der Waals surface area contributed by atoms with Crippen LogP contribution in [0.25, 0.3) is 0 Å². The summed E-state index contributed by atoms with van der Waals surface area (Å²) in [5.41, 5.74) is 6.46. The number of nitrogens with zero attached hydrogens (tertiary/aromatic N) is 1. The smallest absolute Gasteiger partial charge is 0.266 e. The molecule has 0 spiro atoms. The van der Waals surface area contributed by atoms with E-state index in [2.05, 4.69) is 10.3 Å². The molecule has 0 radical (unpaired) electrons. The highest BCUT2D eigenvalue weighted by Gasteiger charge is 2.15. The Balaban J connectivity index is 1.97. The molecule has 5 heteroatoms. The van der Waals surface area contributed by atoms with Gasteiger partial charge in [-0.1, -0.05) is 18.2 Å². The first-order valence-corrected chi connectivity index (χ1v) is 6.36. The topological polar surface area (TPSA) is 77.2 Å². The predicted octanol–water partition coefficient (Wildman–Crippen LogP) is 1.95. The number of nitrogens with two attached hydrogens (primary N) is 1. The van der Waals surface area contributed by atoms with Crippen LogP contribution in [0.3, 0.4) is 0 Å². The Morgan fingerprint density at radius 3 is 2.80 bits per heavy atom. The molecule has 5 nitrogen and oxygen atoms in total. The SMILES string of the molecule is C[C@@H](Oc1ccccc1)C(=O)Nc1cc(CN)ccn1. The minimum absolute atomic E-state index is 0.254. The highest BCUT2D eigenvalue weighted by Crippen LogP contribution is 2.12. The highest BCUT2D eigenvalue weighted by molar-refractivity contribution is 5.93. The molecular formula is C15H17N3O2. The molecule has 0 saturated heterocycles. The van der Waals surface area contributed by atoms with Crippen molar-refractivity contribution >= 4 is 11.7 Å². The molecule has 0 bridgehead atoms. The van der Waals surface area contributed by atoms with E-state index in [4.69, 9.17) is 10.5 Å². The molecule has 1 aromatic heterocycles. The second-order valence-corrected chi connectivity index (χ2v) is 4.32. The van der Waals surface area contributed by atoms with Crippen molar-refractivity contribution in [1.29, 1.82) is 0 Å². The number of anilines is 1. The van der Waals surface area contributed by atoms with Crippen LogP contribution in [-0.2, 0) is 11.3 Å². The van der Waals surface area contributed by atoms with Crippen molar-refractivity contribution in [3.63, 3.8) is 0 Å². The van der Waals surface area contributed by atoms with E-state index in [1.165, 1.54) is 0 Å². The molecule has 1 heterocycles. The normalized spacial score (nSPS) is 11.7. The Labute approximate surface area is 117 Å². The molecule has 20 heavy (non-hydrogen) atoms. The number of benzene rings is 1. The predicted molar refractivity (Wildman–Crippen MR) is 77.3 cm³/mol. The molecule has 0 aliphatic carbocycles. The summed E-state index contributed by atoms with van der Waals surface area (Å²) in [6, 6.07) is 12.7. The maximum Gasteiger partial charge on any atom is 0.266 e. The summed E-state index contributed by atoms with van der Waals surface area (Å²) < 4.78 is 5.54. The molecule has 0 aliphatic rings. The van der Waals surface area contributed by atoms with Crippen LogP contribution in [0.1, 0.15) is 12.5 Å². The highest BCUT2D eigenvalue weighted by atomic mass is 16.5. The van der Waals surface area contributed by atoms with Gasteiger partial charge in [-0.15, -0.1) is 0 Å². The molecule has 2 rings (SSSR count). The molecular weight excluding hydrogens is 254 g/mol. The maximum absolute atomic E-state index is 12.0. The number of aromatic nitrogens is 1. The number of ether oxygens (including phenoxy) is 1. The Morgan fingerprint density at radius 2 is 2.10 bits per heavy atom. The van der Waals surface area contributed by atoms with Crippen molar-refractivity contribution < 1.29 is 9.53 Å². The van der Waals surface area contributed by atoms with Crippen LogP contribution in [0.5, 0.6) is 5.75 Å². The second-order valence-electron chi connectivity index (χ2n) is 4.32. The van der Waals surface area contributed by atoms with Crippen LogP contribution < -0.4 is 15.8 Å². The number of carbonyl (C=O) groups excluding carboxylic acids is 1. The van der Waals surface area contributed by atoms with Gasteiger partial charge in [0.25, 0.3) is 5.91 Å². The fourth-order valence-corrected chi connectivity index (χ4v) is 1.65. The number of carbonyl (C=O) groups is 1. The fourth-order valence-electron chi connectivity index (χ4n) is 1.65. The van der Waals surface area contributed by atoms with Crippen molar-refractivity contribution in [2.24, 2.45) is 5.73 Å². The lowest BCUT2D eigenvalue weighted by molar-refractivity contribution is -0.122. The lowest BCUT2D eigenvalue weighted by Gasteiger charge is -2.14. The summed E-state index contributed by atoms with van der Waals surface area (Å²) in [4.78, 5) is 16.1. The van der Waals surface area contributed by atoms with Crippen LogP contribution in [0.15, 0.2) is 48.7 Å². The summed E-state index contributed by atoms with van der Waals surface area (Å²) in [7, 11) is 0. The molecule has 1 amide bonds. The fraction of sp³-hybridized carbons (Fsp3) is 0.200. The number of pyridine rings is 1. The van der Waals surface area contributed by atoms with E-state index < -0.39 is 6.10 Å². The average molecular weight is 271 g/mol. The van der Waals surface area contributed by atoms with Gasteiger partial charge in [0.1, 0.15) is 11.6 Å². The lowest BCUT2D eigenvalue weighted by Crippen LogP contribution is -2.30. The van der Waals surface area contributed by atoms with Gasteiger partial charge in [0.05, 0.1) is 0 Å². The van der Waals surface area contributed by atoms with Crippen molar-refractivity contribution in [2.75, 3.05) is 5.32 Å². The molecule has 0 aliphatic heterocycles. The molecule has 0 saturated carbocycles. The number of hydrogen-bond acceptors (Lipinski definition) is 4. The first-order chi connectivity index (χ1) is 9.69.